The molecule has 1 rings (SSSR count). The number of aliphatic hydroxyl groups excluding tert-OH is 2. The van der Waals surface area contributed by atoms with Gasteiger partial charge in [-0.25, -0.2) is 0 Å². The molecule has 0 spiro atoms. The third kappa shape index (κ3) is 3.38. The number of rotatable bonds is 4. The topological polar surface area (TPSA) is 60.7 Å². The van der Waals surface area contributed by atoms with Crippen LogP contribution in [0.3, 0.4) is 0 Å². The van der Waals surface area contributed by atoms with Crippen molar-refractivity contribution in [1.29, 1.82) is 0 Å². The molecule has 3 nitrogen and oxygen atoms in total. The standard InChI is InChI=1S/C12H16O3/c1-9(14)4-2-5-10-6-3-7-12(15)11(10)8-13/h2-3,5-7,9,13-15H,4,8H2,1H3. The van der Waals surface area contributed by atoms with Crippen LogP contribution in [0, 0.1) is 0 Å². The maximum atomic E-state index is 9.46. The van der Waals surface area contributed by atoms with Crippen molar-refractivity contribution in [3.63, 3.8) is 0 Å². The summed E-state index contributed by atoms with van der Waals surface area (Å²) in [5.41, 5.74) is 1.29. The molecule has 0 fully saturated rings. The quantitative estimate of drug-likeness (QED) is 0.705. The summed E-state index contributed by atoms with van der Waals surface area (Å²) >= 11 is 0. The van der Waals surface area contributed by atoms with Gasteiger partial charge in [0.25, 0.3) is 0 Å². The van der Waals surface area contributed by atoms with Crippen LogP contribution in [0.15, 0.2) is 24.3 Å². The van der Waals surface area contributed by atoms with Crippen molar-refractivity contribution in [3.8, 4) is 5.75 Å². The van der Waals surface area contributed by atoms with Gasteiger partial charge in [-0.2, -0.15) is 0 Å². The normalized spacial score (nSPS) is 13.3. The van der Waals surface area contributed by atoms with Crippen molar-refractivity contribution in [3.05, 3.63) is 35.4 Å². The van der Waals surface area contributed by atoms with E-state index in [1.165, 1.54) is 6.07 Å². The van der Waals surface area contributed by atoms with Crippen LogP contribution < -0.4 is 0 Å². The van der Waals surface area contributed by atoms with Crippen LogP contribution in [0.4, 0.5) is 0 Å². The fraction of sp³-hybridized carbons (Fsp3) is 0.333. The summed E-state index contributed by atoms with van der Waals surface area (Å²) in [6.07, 6.45) is 3.79. The first-order valence-electron chi connectivity index (χ1n) is 4.91. The molecule has 3 N–H and O–H groups in total. The summed E-state index contributed by atoms with van der Waals surface area (Å²) in [7, 11) is 0. The van der Waals surface area contributed by atoms with Crippen molar-refractivity contribution in [2.45, 2.75) is 26.1 Å². The van der Waals surface area contributed by atoms with Crippen LogP contribution in [0.2, 0.25) is 0 Å². The van der Waals surface area contributed by atoms with Gasteiger partial charge in [0.05, 0.1) is 12.7 Å². The Morgan fingerprint density at radius 1 is 1.40 bits per heavy atom. The Bertz CT molecular complexity index is 343. The lowest BCUT2D eigenvalue weighted by molar-refractivity contribution is 0.199. The van der Waals surface area contributed by atoms with Crippen LogP contribution in [0.1, 0.15) is 24.5 Å². The van der Waals surface area contributed by atoms with Gasteiger partial charge in [0.1, 0.15) is 5.75 Å². The summed E-state index contributed by atoms with van der Waals surface area (Å²) in [6.45, 7) is 1.51. The highest BCUT2D eigenvalue weighted by molar-refractivity contribution is 5.57. The molecule has 1 atom stereocenters. The van der Waals surface area contributed by atoms with Gasteiger partial charge >= 0.3 is 0 Å². The highest BCUT2D eigenvalue weighted by Crippen LogP contribution is 2.22. The minimum atomic E-state index is -0.379. The van der Waals surface area contributed by atoms with E-state index in [0.29, 0.717) is 12.0 Å². The summed E-state index contributed by atoms with van der Waals surface area (Å²) in [5.74, 6) is 0.0942. The Kier molecular flexibility index (Phi) is 4.34. The molecular weight excluding hydrogens is 192 g/mol. The van der Waals surface area contributed by atoms with Gasteiger partial charge in [0.15, 0.2) is 0 Å². The van der Waals surface area contributed by atoms with E-state index >= 15 is 0 Å². The zero-order valence-corrected chi connectivity index (χ0v) is 8.72. The molecule has 0 aromatic heterocycles. The maximum Gasteiger partial charge on any atom is 0.121 e. The largest absolute Gasteiger partial charge is 0.508 e. The second-order valence-corrected chi connectivity index (χ2v) is 3.49. The maximum absolute atomic E-state index is 9.46. The Hall–Kier alpha value is -1.32. The number of hydrogen-bond acceptors (Lipinski definition) is 3. The van der Waals surface area contributed by atoms with Gasteiger partial charge in [-0.05, 0) is 25.0 Å². The van der Waals surface area contributed by atoms with Crippen LogP contribution in [0.5, 0.6) is 5.75 Å². The molecule has 3 heteroatoms. The average molecular weight is 208 g/mol. The Morgan fingerprint density at radius 3 is 2.73 bits per heavy atom. The molecule has 82 valence electrons. The van der Waals surface area contributed by atoms with E-state index in [4.69, 9.17) is 10.2 Å². The van der Waals surface area contributed by atoms with E-state index in [1.807, 2.05) is 12.1 Å². The predicted molar refractivity (Wildman–Crippen MR) is 59.4 cm³/mol. The molecule has 1 aromatic carbocycles. The van der Waals surface area contributed by atoms with Crippen molar-refractivity contribution in [2.24, 2.45) is 0 Å². The highest BCUT2D eigenvalue weighted by atomic mass is 16.3. The van der Waals surface area contributed by atoms with Crippen LogP contribution in [-0.4, -0.2) is 21.4 Å². The minimum absolute atomic E-state index is 0.0942. The minimum Gasteiger partial charge on any atom is -0.508 e. The Morgan fingerprint density at radius 2 is 2.13 bits per heavy atom. The molecule has 15 heavy (non-hydrogen) atoms. The van der Waals surface area contributed by atoms with Crippen LogP contribution >= 0.6 is 0 Å². The van der Waals surface area contributed by atoms with Crippen molar-refractivity contribution in [1.82, 2.24) is 0 Å². The van der Waals surface area contributed by atoms with E-state index in [2.05, 4.69) is 0 Å². The lowest BCUT2D eigenvalue weighted by Crippen LogP contribution is -1.95. The fourth-order valence-electron chi connectivity index (χ4n) is 1.31. The molecule has 0 amide bonds. The number of aromatic hydroxyl groups is 1. The first-order chi connectivity index (χ1) is 7.15. The molecule has 0 saturated heterocycles. The molecule has 0 bridgehead atoms. The third-order valence-electron chi connectivity index (χ3n) is 2.12. The third-order valence-corrected chi connectivity index (χ3v) is 2.12. The smallest absolute Gasteiger partial charge is 0.121 e. The first-order valence-corrected chi connectivity index (χ1v) is 4.91. The molecule has 0 aliphatic carbocycles. The second-order valence-electron chi connectivity index (χ2n) is 3.49. The number of aliphatic hydroxyl groups is 2. The summed E-state index contributed by atoms with van der Waals surface area (Å²) < 4.78 is 0. The average Bonchev–Trinajstić information content (AvgIpc) is 2.17. The molecule has 1 aromatic rings. The zero-order valence-electron chi connectivity index (χ0n) is 8.72. The molecule has 1 unspecified atom stereocenters. The summed E-state index contributed by atoms with van der Waals surface area (Å²) in [6, 6.07) is 5.07. The van der Waals surface area contributed by atoms with E-state index in [9.17, 15) is 5.11 Å². The van der Waals surface area contributed by atoms with E-state index in [-0.39, 0.29) is 18.5 Å². The number of hydrogen-bond donors (Lipinski definition) is 3. The van der Waals surface area contributed by atoms with E-state index in [0.717, 1.165) is 5.56 Å². The Balaban J connectivity index is 2.84. The molecule has 0 aliphatic rings. The zero-order chi connectivity index (χ0) is 11.3. The van der Waals surface area contributed by atoms with Gasteiger partial charge in [0, 0.05) is 5.56 Å². The molecule has 0 saturated carbocycles. The number of benzene rings is 1. The van der Waals surface area contributed by atoms with Crippen LogP contribution in [0.25, 0.3) is 6.08 Å². The van der Waals surface area contributed by atoms with Gasteiger partial charge in [-0.1, -0.05) is 24.3 Å². The monoisotopic (exact) mass is 208 g/mol. The molecule has 0 aliphatic heterocycles. The van der Waals surface area contributed by atoms with Gasteiger partial charge < -0.3 is 15.3 Å². The highest BCUT2D eigenvalue weighted by Gasteiger charge is 2.03. The fourth-order valence-corrected chi connectivity index (χ4v) is 1.31. The lowest BCUT2D eigenvalue weighted by atomic mass is 10.1. The van der Waals surface area contributed by atoms with Crippen LogP contribution in [-0.2, 0) is 6.61 Å². The van der Waals surface area contributed by atoms with Gasteiger partial charge in [0.2, 0.25) is 0 Å². The SMILES string of the molecule is CC(O)CC=Cc1cccc(O)c1CO. The number of phenols is 1. The van der Waals surface area contributed by atoms with Gasteiger partial charge in [-0.15, -0.1) is 0 Å². The molecular formula is C12H16O3. The van der Waals surface area contributed by atoms with Crippen molar-refractivity contribution >= 4 is 6.08 Å². The summed E-state index contributed by atoms with van der Waals surface area (Å²) in [5, 5.41) is 27.6. The van der Waals surface area contributed by atoms with Gasteiger partial charge in [-0.3, -0.25) is 0 Å². The van der Waals surface area contributed by atoms with E-state index < -0.39 is 0 Å². The van der Waals surface area contributed by atoms with E-state index in [1.54, 1.807) is 19.1 Å². The lowest BCUT2D eigenvalue weighted by Gasteiger charge is -2.05. The summed E-state index contributed by atoms with van der Waals surface area (Å²) in [4.78, 5) is 0. The van der Waals surface area contributed by atoms with Crippen molar-refractivity contribution in [2.75, 3.05) is 0 Å². The molecule has 0 radical (unpaired) electrons. The van der Waals surface area contributed by atoms with Crippen molar-refractivity contribution < 1.29 is 15.3 Å². The molecule has 0 heterocycles. The Labute approximate surface area is 89.3 Å². The second kappa shape index (κ2) is 5.53. The predicted octanol–water partition coefficient (Wildman–Crippen LogP) is 1.67. The first kappa shape index (κ1) is 11.8.